The Morgan fingerprint density at radius 3 is 2.50 bits per heavy atom. The molecule has 2 aromatic carbocycles. The summed E-state index contributed by atoms with van der Waals surface area (Å²) in [6, 6.07) is 9.22. The van der Waals surface area contributed by atoms with Crippen molar-refractivity contribution in [2.75, 3.05) is 6.61 Å². The maximum atomic E-state index is 11.8. The smallest absolute Gasteiger partial charge is 0.276 e. The lowest BCUT2D eigenvalue weighted by Gasteiger charge is -2.10. The fourth-order valence-electron chi connectivity index (χ4n) is 2.26. The molecule has 0 heterocycles. The van der Waals surface area contributed by atoms with E-state index >= 15 is 0 Å². The van der Waals surface area contributed by atoms with E-state index in [1.54, 1.807) is 18.2 Å². The monoisotopic (exact) mass is 403 g/mol. The summed E-state index contributed by atoms with van der Waals surface area (Å²) in [6.07, 6.45) is 2.54. The number of carbonyl (C=O) groups excluding carboxylic acids is 2. The Kier molecular flexibility index (Phi) is 7.11. The summed E-state index contributed by atoms with van der Waals surface area (Å²) in [5.74, 6) is -0.660. The maximum absolute atomic E-state index is 11.8. The molecule has 0 spiro atoms. The molecule has 0 aliphatic rings. The van der Waals surface area contributed by atoms with E-state index in [-0.39, 0.29) is 12.3 Å². The Bertz CT molecular complexity index is 920. The molecule has 0 aromatic heterocycles. The topological polar surface area (TPSA) is 111 Å². The number of nitrogens with one attached hydrogen (secondary N) is 2. The molecule has 0 unspecified atom stereocenters. The van der Waals surface area contributed by atoms with Crippen molar-refractivity contribution in [3.05, 3.63) is 74.3 Å². The first kappa shape index (κ1) is 20.9. The standard InChI is InChI=1S/C19H18ClN3O5/c1-12-8-16(9-13(2)19(12)20)28-11-18(25)22-21-17(24)7-6-14-4-3-5-15(10-14)23(26)27/h3-10H,11H2,1-2H3,(H,21,24)(H,22,25)/b7-6+. The fraction of sp³-hybridized carbons (Fsp3) is 0.158. The number of ether oxygens (including phenoxy) is 1. The molecule has 28 heavy (non-hydrogen) atoms. The van der Waals surface area contributed by atoms with Gasteiger partial charge >= 0.3 is 0 Å². The van der Waals surface area contributed by atoms with Gasteiger partial charge in [0, 0.05) is 23.2 Å². The Morgan fingerprint density at radius 2 is 1.86 bits per heavy atom. The van der Waals surface area contributed by atoms with Crippen molar-refractivity contribution in [3.63, 3.8) is 0 Å². The molecule has 0 saturated heterocycles. The molecule has 2 amide bonds. The van der Waals surface area contributed by atoms with Crippen molar-refractivity contribution in [1.82, 2.24) is 10.9 Å². The molecule has 0 fully saturated rings. The van der Waals surface area contributed by atoms with Crippen LogP contribution < -0.4 is 15.6 Å². The zero-order valence-corrected chi connectivity index (χ0v) is 15.9. The number of halogens is 1. The van der Waals surface area contributed by atoms with Crippen LogP contribution in [-0.4, -0.2) is 23.3 Å². The largest absolute Gasteiger partial charge is 0.484 e. The Labute approximate surface area is 166 Å². The number of nitro groups is 1. The van der Waals surface area contributed by atoms with Crippen molar-refractivity contribution < 1.29 is 19.2 Å². The summed E-state index contributed by atoms with van der Waals surface area (Å²) < 4.78 is 5.38. The van der Waals surface area contributed by atoms with E-state index in [9.17, 15) is 19.7 Å². The van der Waals surface area contributed by atoms with E-state index in [1.165, 1.54) is 24.3 Å². The second kappa shape index (κ2) is 9.52. The molecule has 2 aromatic rings. The van der Waals surface area contributed by atoms with Gasteiger partial charge < -0.3 is 4.74 Å². The number of benzene rings is 2. The van der Waals surface area contributed by atoms with Crippen LogP contribution in [0.4, 0.5) is 5.69 Å². The van der Waals surface area contributed by atoms with Crippen molar-refractivity contribution >= 4 is 35.2 Å². The zero-order chi connectivity index (χ0) is 20.7. The minimum atomic E-state index is -0.599. The Hall–Kier alpha value is -3.39. The van der Waals surface area contributed by atoms with Gasteiger partial charge in [0.1, 0.15) is 5.75 Å². The first-order valence-electron chi connectivity index (χ1n) is 8.17. The Morgan fingerprint density at radius 1 is 1.18 bits per heavy atom. The summed E-state index contributed by atoms with van der Waals surface area (Å²) in [5, 5.41) is 11.4. The molecular formula is C19H18ClN3O5. The molecule has 0 radical (unpaired) electrons. The molecule has 2 N–H and O–H groups in total. The predicted octanol–water partition coefficient (Wildman–Crippen LogP) is 3.10. The van der Waals surface area contributed by atoms with Crippen molar-refractivity contribution in [1.29, 1.82) is 0 Å². The van der Waals surface area contributed by atoms with Crippen LogP contribution >= 0.6 is 11.6 Å². The van der Waals surface area contributed by atoms with E-state index in [0.717, 1.165) is 17.2 Å². The second-order valence-electron chi connectivity index (χ2n) is 5.88. The van der Waals surface area contributed by atoms with Crippen LogP contribution in [0.25, 0.3) is 6.08 Å². The molecular weight excluding hydrogens is 386 g/mol. The van der Waals surface area contributed by atoms with Gasteiger partial charge in [-0.05, 0) is 48.7 Å². The van der Waals surface area contributed by atoms with Crippen LogP contribution in [0.15, 0.2) is 42.5 Å². The van der Waals surface area contributed by atoms with Gasteiger partial charge in [-0.25, -0.2) is 0 Å². The van der Waals surface area contributed by atoms with Gasteiger partial charge in [0.2, 0.25) is 0 Å². The van der Waals surface area contributed by atoms with Gasteiger partial charge in [-0.2, -0.15) is 0 Å². The van der Waals surface area contributed by atoms with Gasteiger partial charge in [0.15, 0.2) is 6.61 Å². The second-order valence-corrected chi connectivity index (χ2v) is 6.26. The number of non-ortho nitro benzene ring substituents is 1. The number of hydrogen-bond donors (Lipinski definition) is 2. The van der Waals surface area contributed by atoms with Crippen LogP contribution in [0.2, 0.25) is 5.02 Å². The number of carbonyl (C=O) groups is 2. The predicted molar refractivity (Wildman–Crippen MR) is 105 cm³/mol. The number of rotatable bonds is 6. The lowest BCUT2D eigenvalue weighted by molar-refractivity contribution is -0.384. The SMILES string of the molecule is Cc1cc(OCC(=O)NNC(=O)/C=C/c2cccc([N+](=O)[O-])c2)cc(C)c1Cl. The summed E-state index contributed by atoms with van der Waals surface area (Å²) >= 11 is 6.07. The minimum Gasteiger partial charge on any atom is -0.484 e. The van der Waals surface area contributed by atoms with E-state index in [0.29, 0.717) is 16.3 Å². The van der Waals surface area contributed by atoms with Gasteiger partial charge in [0.05, 0.1) is 4.92 Å². The highest BCUT2D eigenvalue weighted by Gasteiger charge is 2.08. The highest BCUT2D eigenvalue weighted by molar-refractivity contribution is 6.32. The number of hydrogen-bond acceptors (Lipinski definition) is 5. The minimum absolute atomic E-state index is 0.0827. The number of aryl methyl sites for hydroxylation is 2. The normalized spacial score (nSPS) is 10.5. The van der Waals surface area contributed by atoms with E-state index in [4.69, 9.17) is 16.3 Å². The molecule has 0 bridgehead atoms. The average molecular weight is 404 g/mol. The highest BCUT2D eigenvalue weighted by Crippen LogP contribution is 2.25. The van der Waals surface area contributed by atoms with Gasteiger partial charge in [-0.1, -0.05) is 23.7 Å². The lowest BCUT2D eigenvalue weighted by atomic mass is 10.1. The molecule has 2 rings (SSSR count). The third-order valence-corrected chi connectivity index (χ3v) is 4.21. The molecule has 0 saturated carbocycles. The zero-order valence-electron chi connectivity index (χ0n) is 15.2. The van der Waals surface area contributed by atoms with E-state index < -0.39 is 16.7 Å². The van der Waals surface area contributed by atoms with Crippen LogP contribution in [0.3, 0.4) is 0 Å². The van der Waals surface area contributed by atoms with Gasteiger partial charge in [-0.3, -0.25) is 30.6 Å². The van der Waals surface area contributed by atoms with Crippen molar-refractivity contribution in [2.45, 2.75) is 13.8 Å². The number of amides is 2. The van der Waals surface area contributed by atoms with E-state index in [1.807, 2.05) is 13.8 Å². The molecule has 0 aliphatic carbocycles. The average Bonchev–Trinajstić information content (AvgIpc) is 2.67. The summed E-state index contributed by atoms with van der Waals surface area (Å²) in [5.41, 5.74) is 6.47. The highest BCUT2D eigenvalue weighted by atomic mass is 35.5. The first-order valence-corrected chi connectivity index (χ1v) is 8.55. The number of hydrazine groups is 1. The maximum Gasteiger partial charge on any atom is 0.276 e. The van der Waals surface area contributed by atoms with Crippen LogP contribution in [0.5, 0.6) is 5.75 Å². The summed E-state index contributed by atoms with van der Waals surface area (Å²) in [6.45, 7) is 3.36. The van der Waals surface area contributed by atoms with Crippen LogP contribution in [0.1, 0.15) is 16.7 Å². The van der Waals surface area contributed by atoms with E-state index in [2.05, 4.69) is 10.9 Å². The molecule has 0 atom stereocenters. The summed E-state index contributed by atoms with van der Waals surface area (Å²) in [4.78, 5) is 33.7. The molecule has 146 valence electrons. The summed E-state index contributed by atoms with van der Waals surface area (Å²) in [7, 11) is 0. The van der Waals surface area contributed by atoms with Gasteiger partial charge in [-0.15, -0.1) is 0 Å². The Balaban J connectivity index is 1.81. The fourth-order valence-corrected chi connectivity index (χ4v) is 2.37. The first-order chi connectivity index (χ1) is 13.3. The molecule has 9 heteroatoms. The number of nitrogens with zero attached hydrogens (tertiary/aromatic N) is 1. The number of nitro benzene ring substituents is 1. The molecule has 8 nitrogen and oxygen atoms in total. The van der Waals surface area contributed by atoms with Crippen molar-refractivity contribution in [2.24, 2.45) is 0 Å². The van der Waals surface area contributed by atoms with Crippen molar-refractivity contribution in [3.8, 4) is 5.75 Å². The van der Waals surface area contributed by atoms with Gasteiger partial charge in [0.25, 0.3) is 17.5 Å². The third-order valence-electron chi connectivity index (χ3n) is 3.61. The quantitative estimate of drug-likeness (QED) is 0.437. The third kappa shape index (κ3) is 6.10. The lowest BCUT2D eigenvalue weighted by Crippen LogP contribution is -2.43. The van der Waals surface area contributed by atoms with Crippen LogP contribution in [-0.2, 0) is 9.59 Å². The molecule has 0 aliphatic heterocycles. The van der Waals surface area contributed by atoms with Crippen LogP contribution in [0, 0.1) is 24.0 Å².